The van der Waals surface area contributed by atoms with E-state index >= 15 is 0 Å². The third-order valence-electron chi connectivity index (χ3n) is 5.56. The predicted molar refractivity (Wildman–Crippen MR) is 133 cm³/mol. The van der Waals surface area contributed by atoms with Gasteiger partial charge < -0.3 is 25.2 Å². The van der Waals surface area contributed by atoms with Crippen LogP contribution in [-0.4, -0.2) is 53.6 Å². The van der Waals surface area contributed by atoms with Gasteiger partial charge in [-0.25, -0.2) is 0 Å². The van der Waals surface area contributed by atoms with E-state index in [9.17, 15) is 4.79 Å². The first kappa shape index (κ1) is 25.7. The maximum absolute atomic E-state index is 10.7. The molecule has 1 amide bonds. The number of amides is 1. The summed E-state index contributed by atoms with van der Waals surface area (Å²) in [5, 5.41) is 22.0. The first-order valence-electron chi connectivity index (χ1n) is 11.4. The molecular formula is C25H36BN3O3. The number of likely N-dealkylation sites (tertiary alicyclic amines) is 1. The smallest absolute Gasteiger partial charge is 0.423 e. The highest BCUT2D eigenvalue weighted by Gasteiger charge is 2.19. The van der Waals surface area contributed by atoms with E-state index in [1.54, 1.807) is 12.1 Å². The van der Waals surface area contributed by atoms with E-state index in [4.69, 9.17) is 10.0 Å². The van der Waals surface area contributed by atoms with Crippen LogP contribution in [0, 0.1) is 6.92 Å². The van der Waals surface area contributed by atoms with Gasteiger partial charge in [-0.3, -0.25) is 4.79 Å². The van der Waals surface area contributed by atoms with Crippen LogP contribution in [0.4, 0.5) is 0 Å². The molecule has 172 valence electrons. The van der Waals surface area contributed by atoms with E-state index in [1.807, 2.05) is 44.9 Å². The first-order valence-corrected chi connectivity index (χ1v) is 11.4. The van der Waals surface area contributed by atoms with Crippen molar-refractivity contribution in [3.05, 3.63) is 65.4 Å². The van der Waals surface area contributed by atoms with Gasteiger partial charge in [0.25, 0.3) is 0 Å². The SMILES string of the molecule is CC.CNCc1cccc(C2CCN(C=O)CC2)c1.Cc1cc2cc(B(O)O)ccc2[nH]1. The first-order chi connectivity index (χ1) is 15.5. The molecule has 32 heavy (non-hydrogen) atoms. The van der Waals surface area contributed by atoms with Crippen molar-refractivity contribution >= 4 is 29.9 Å². The number of H-pyrrole nitrogens is 1. The Balaban J connectivity index is 0.000000217. The lowest BCUT2D eigenvalue weighted by Crippen LogP contribution is -2.31. The number of hydrogen-bond donors (Lipinski definition) is 4. The van der Waals surface area contributed by atoms with Crippen LogP contribution in [0.1, 0.15) is 49.4 Å². The number of nitrogens with one attached hydrogen (secondary N) is 2. The van der Waals surface area contributed by atoms with Crippen LogP contribution in [0.15, 0.2) is 48.5 Å². The fourth-order valence-corrected chi connectivity index (χ4v) is 3.96. The minimum absolute atomic E-state index is 0.520. The van der Waals surface area contributed by atoms with Crippen LogP contribution in [0.25, 0.3) is 10.9 Å². The zero-order valence-corrected chi connectivity index (χ0v) is 19.6. The molecular weight excluding hydrogens is 401 g/mol. The second-order valence-electron chi connectivity index (χ2n) is 7.86. The number of carbonyl (C=O) groups excluding carboxylic acids is 1. The zero-order valence-electron chi connectivity index (χ0n) is 19.6. The Morgan fingerprint density at radius 2 is 1.84 bits per heavy atom. The number of aryl methyl sites for hydroxylation is 1. The summed E-state index contributed by atoms with van der Waals surface area (Å²) in [5.74, 6) is 0.614. The zero-order chi connectivity index (χ0) is 23.5. The maximum atomic E-state index is 10.7. The van der Waals surface area contributed by atoms with Crippen molar-refractivity contribution in [2.45, 2.75) is 46.1 Å². The van der Waals surface area contributed by atoms with E-state index in [-0.39, 0.29) is 0 Å². The second kappa shape index (κ2) is 13.1. The predicted octanol–water partition coefficient (Wildman–Crippen LogP) is 2.92. The molecule has 4 N–H and O–H groups in total. The van der Waals surface area contributed by atoms with Crippen molar-refractivity contribution < 1.29 is 14.8 Å². The third-order valence-corrected chi connectivity index (χ3v) is 5.56. The number of carbonyl (C=O) groups is 1. The van der Waals surface area contributed by atoms with Crippen LogP contribution in [-0.2, 0) is 11.3 Å². The summed E-state index contributed by atoms with van der Waals surface area (Å²) in [6, 6.07) is 16.1. The number of rotatable bonds is 5. The molecule has 1 aromatic heterocycles. The Bertz CT molecular complexity index is 966. The molecule has 0 aliphatic carbocycles. The van der Waals surface area contributed by atoms with Gasteiger partial charge in [0.1, 0.15) is 0 Å². The summed E-state index contributed by atoms with van der Waals surface area (Å²) in [5.41, 5.74) is 5.36. The molecule has 4 rings (SSSR count). The van der Waals surface area contributed by atoms with Gasteiger partial charge in [0.15, 0.2) is 0 Å². The summed E-state index contributed by atoms with van der Waals surface area (Å²) >= 11 is 0. The number of aromatic amines is 1. The van der Waals surface area contributed by atoms with Crippen molar-refractivity contribution in [2.75, 3.05) is 20.1 Å². The van der Waals surface area contributed by atoms with Crippen LogP contribution in [0.5, 0.6) is 0 Å². The van der Waals surface area contributed by atoms with Crippen molar-refractivity contribution in [1.82, 2.24) is 15.2 Å². The van der Waals surface area contributed by atoms with Crippen molar-refractivity contribution in [1.29, 1.82) is 0 Å². The number of aromatic nitrogens is 1. The molecule has 1 aliphatic rings. The maximum Gasteiger partial charge on any atom is 0.488 e. The lowest BCUT2D eigenvalue weighted by Gasteiger charge is -2.29. The Labute approximate surface area is 191 Å². The monoisotopic (exact) mass is 437 g/mol. The van der Waals surface area contributed by atoms with Gasteiger partial charge in [0.05, 0.1) is 0 Å². The fourth-order valence-electron chi connectivity index (χ4n) is 3.96. The minimum Gasteiger partial charge on any atom is -0.423 e. The largest absolute Gasteiger partial charge is 0.488 e. The standard InChI is InChI=1S/C14H20N2O.C9H10BNO2.C2H6/c1-15-10-12-3-2-4-14(9-12)13-5-7-16(11-17)8-6-13;1-6-4-7-5-8(10(12)13)2-3-9(7)11-6;1-2/h2-4,9,11,13,15H,5-8,10H2,1H3;2-5,11-13H,1H3;1-2H3. The van der Waals surface area contributed by atoms with E-state index < -0.39 is 7.12 Å². The summed E-state index contributed by atoms with van der Waals surface area (Å²) < 4.78 is 0. The quantitative estimate of drug-likeness (QED) is 0.365. The fraction of sp³-hybridized carbons (Fsp3) is 0.400. The van der Waals surface area contributed by atoms with Gasteiger partial charge in [-0.05, 0) is 66.8 Å². The molecule has 0 radical (unpaired) electrons. The van der Waals surface area contributed by atoms with Gasteiger partial charge in [0, 0.05) is 30.8 Å². The molecule has 0 spiro atoms. The third kappa shape index (κ3) is 7.23. The van der Waals surface area contributed by atoms with Gasteiger partial charge in [-0.1, -0.05) is 50.2 Å². The van der Waals surface area contributed by atoms with Crippen molar-refractivity contribution in [3.63, 3.8) is 0 Å². The Morgan fingerprint density at radius 1 is 1.12 bits per heavy atom. The van der Waals surface area contributed by atoms with E-state index in [2.05, 4.69) is 34.6 Å². The molecule has 0 unspecified atom stereocenters. The van der Waals surface area contributed by atoms with Crippen molar-refractivity contribution in [2.24, 2.45) is 0 Å². The Hall–Kier alpha value is -2.61. The summed E-state index contributed by atoms with van der Waals surface area (Å²) in [6.45, 7) is 8.67. The van der Waals surface area contributed by atoms with Gasteiger partial charge >= 0.3 is 7.12 Å². The highest BCUT2D eigenvalue weighted by molar-refractivity contribution is 6.58. The van der Waals surface area contributed by atoms with E-state index in [0.29, 0.717) is 11.4 Å². The van der Waals surface area contributed by atoms with Crippen LogP contribution >= 0.6 is 0 Å². The van der Waals surface area contributed by atoms with Crippen LogP contribution < -0.4 is 10.8 Å². The summed E-state index contributed by atoms with van der Waals surface area (Å²) in [7, 11) is 0.578. The lowest BCUT2D eigenvalue weighted by atomic mass is 9.80. The average molecular weight is 437 g/mol. The van der Waals surface area contributed by atoms with Crippen LogP contribution in [0.3, 0.4) is 0 Å². The molecule has 0 saturated carbocycles. The molecule has 1 aliphatic heterocycles. The second-order valence-corrected chi connectivity index (χ2v) is 7.86. The lowest BCUT2D eigenvalue weighted by molar-refractivity contribution is -0.119. The number of nitrogens with zero attached hydrogens (tertiary/aromatic N) is 1. The Kier molecular flexibility index (Phi) is 10.5. The molecule has 0 atom stereocenters. The number of fused-ring (bicyclic) bond motifs is 1. The van der Waals surface area contributed by atoms with Crippen molar-refractivity contribution in [3.8, 4) is 0 Å². The molecule has 1 saturated heterocycles. The Morgan fingerprint density at radius 3 is 2.47 bits per heavy atom. The molecule has 0 bridgehead atoms. The molecule has 7 heteroatoms. The van der Waals surface area contributed by atoms with Crippen LogP contribution in [0.2, 0.25) is 0 Å². The molecule has 6 nitrogen and oxygen atoms in total. The van der Waals surface area contributed by atoms with Gasteiger partial charge in [-0.2, -0.15) is 0 Å². The van der Waals surface area contributed by atoms with E-state index in [0.717, 1.165) is 55.5 Å². The molecule has 1 fully saturated rings. The van der Waals surface area contributed by atoms with E-state index in [1.165, 1.54) is 11.1 Å². The highest BCUT2D eigenvalue weighted by Crippen LogP contribution is 2.27. The average Bonchev–Trinajstić information content (AvgIpc) is 3.20. The number of hydrogen-bond acceptors (Lipinski definition) is 4. The summed E-state index contributed by atoms with van der Waals surface area (Å²) in [4.78, 5) is 15.7. The molecule has 2 heterocycles. The normalized spacial score (nSPS) is 13.6. The topological polar surface area (TPSA) is 88.6 Å². The highest BCUT2D eigenvalue weighted by atomic mass is 16.4. The van der Waals surface area contributed by atoms with Gasteiger partial charge in [-0.15, -0.1) is 0 Å². The molecule has 2 aromatic carbocycles. The number of piperidine rings is 1. The summed E-state index contributed by atoms with van der Waals surface area (Å²) in [6.07, 6.45) is 3.14. The number of benzene rings is 2. The van der Waals surface area contributed by atoms with Gasteiger partial charge in [0.2, 0.25) is 6.41 Å². The molecule has 3 aromatic rings. The minimum atomic E-state index is -1.39.